The van der Waals surface area contributed by atoms with Gasteiger partial charge in [-0.3, -0.25) is 0 Å². The molecule has 2 saturated heterocycles. The molecule has 8 heteroatoms. The molecule has 7 nitrogen and oxygen atoms in total. The summed E-state index contributed by atoms with van der Waals surface area (Å²) in [6, 6.07) is -0.218. The molecular weight excluding hydrogens is 374 g/mol. The van der Waals surface area contributed by atoms with Crippen molar-refractivity contribution in [2.45, 2.75) is 80.1 Å². The van der Waals surface area contributed by atoms with E-state index >= 15 is 0 Å². The summed E-state index contributed by atoms with van der Waals surface area (Å²) >= 11 is 6.67. The first-order valence-electron chi connectivity index (χ1n) is 10.0. The second-order valence-corrected chi connectivity index (χ2v) is 9.29. The monoisotopic (exact) mass is 404 g/mol. The number of methoxy groups -OCH3 is 2. The number of ether oxygens (including phenoxy) is 3. The van der Waals surface area contributed by atoms with Gasteiger partial charge in [-0.1, -0.05) is 6.92 Å². The molecular formula is C19H31ClNO6-. The molecule has 27 heavy (non-hydrogen) atoms. The van der Waals surface area contributed by atoms with Crippen LogP contribution >= 0.6 is 11.6 Å². The van der Waals surface area contributed by atoms with E-state index in [4.69, 9.17) is 25.8 Å². The predicted octanol–water partition coefficient (Wildman–Crippen LogP) is 1.12. The maximum Gasteiger partial charge on any atom is 0.123 e. The first-order chi connectivity index (χ1) is 12.9. The zero-order chi connectivity index (χ0) is 19.5. The number of halogens is 1. The number of rotatable bonds is 2. The second-order valence-electron chi connectivity index (χ2n) is 8.78. The predicted molar refractivity (Wildman–Crippen MR) is 99.3 cm³/mol. The van der Waals surface area contributed by atoms with Gasteiger partial charge in [-0.15, -0.1) is 11.6 Å². The fourth-order valence-electron chi connectivity index (χ4n) is 6.30. The van der Waals surface area contributed by atoms with Crippen LogP contribution in [0.15, 0.2) is 0 Å². The smallest absolute Gasteiger partial charge is 0.123 e. The van der Waals surface area contributed by atoms with Crippen LogP contribution in [-0.4, -0.2) is 83.6 Å². The Kier molecular flexibility index (Phi) is 5.53. The Hall–Kier alpha value is 0.01000. The van der Waals surface area contributed by atoms with Crippen LogP contribution < -0.4 is 0 Å². The van der Waals surface area contributed by atoms with Crippen LogP contribution in [0.4, 0.5) is 0 Å². The Bertz CT molecular complexity index is 554. The molecule has 0 aromatic rings. The van der Waals surface area contributed by atoms with Crippen molar-refractivity contribution in [1.82, 2.24) is 5.06 Å². The maximum absolute atomic E-state index is 12.3. The largest absolute Gasteiger partial charge is 0.785 e. The van der Waals surface area contributed by atoms with Crippen molar-refractivity contribution in [1.29, 1.82) is 0 Å². The summed E-state index contributed by atoms with van der Waals surface area (Å²) in [6.45, 7) is 2.47. The van der Waals surface area contributed by atoms with Crippen molar-refractivity contribution in [2.75, 3.05) is 20.8 Å². The highest BCUT2D eigenvalue weighted by atomic mass is 35.5. The number of hydroxylamine groups is 2. The Balaban J connectivity index is 1.69. The van der Waals surface area contributed by atoms with Crippen molar-refractivity contribution < 1.29 is 24.4 Å². The minimum Gasteiger partial charge on any atom is -0.785 e. The molecule has 0 radical (unpaired) electrons. The second kappa shape index (κ2) is 7.36. The molecule has 0 bridgehead atoms. The molecule has 0 aromatic heterocycles. The number of aliphatic hydroxyl groups is 2. The molecule has 156 valence electrons. The van der Waals surface area contributed by atoms with Gasteiger partial charge in [-0.25, -0.2) is 0 Å². The molecule has 2 heterocycles. The number of piperidine rings is 1. The molecule has 4 aliphatic rings. The first-order valence-corrected chi connectivity index (χ1v) is 10.5. The quantitative estimate of drug-likeness (QED) is 0.666. The number of fused-ring (bicyclic) bond motifs is 2. The minimum atomic E-state index is -1.12. The fraction of sp³-hybridized carbons (Fsp3) is 1.00. The molecule has 4 rings (SSSR count). The van der Waals surface area contributed by atoms with Crippen LogP contribution in [0, 0.1) is 23.0 Å². The van der Waals surface area contributed by atoms with Crippen LogP contribution in [-0.2, 0) is 14.2 Å². The Morgan fingerprint density at radius 1 is 1.15 bits per heavy atom. The SMILES string of the molecule is COC1CC(OC)C2C(O[C@@]3(C(O)C4CCCN([O-])C4C[C@H]3C)C2O)C1Cl. The molecule has 1 spiro atoms. The van der Waals surface area contributed by atoms with E-state index < -0.39 is 29.3 Å². The van der Waals surface area contributed by atoms with Gasteiger partial charge >= 0.3 is 0 Å². The van der Waals surface area contributed by atoms with Crippen molar-refractivity contribution in [3.8, 4) is 0 Å². The minimum absolute atomic E-state index is 0.175. The highest BCUT2D eigenvalue weighted by molar-refractivity contribution is 6.21. The number of alkyl halides is 1. The number of aliphatic hydroxyl groups excluding tert-OH is 2. The zero-order valence-electron chi connectivity index (χ0n) is 16.2. The maximum atomic E-state index is 12.3. The van der Waals surface area contributed by atoms with Crippen LogP contribution in [0.2, 0.25) is 0 Å². The Morgan fingerprint density at radius 3 is 2.52 bits per heavy atom. The standard InChI is InChI=1S/C19H31ClNO6/c1-9-7-11-10(5-4-6-21(11)24)17(22)19(9)18(23)14-12(25-2)8-13(26-3)15(20)16(14)27-19/h9-18,22-23H,4-8H2,1-3H3/q-1/t9-,10?,11?,12?,13?,14?,15?,16?,17?,18?,19+/m1/s1. The number of hydrogen-bond donors (Lipinski definition) is 2. The average Bonchev–Trinajstić information content (AvgIpc) is 2.97. The third kappa shape index (κ3) is 2.81. The average molecular weight is 405 g/mol. The van der Waals surface area contributed by atoms with Gasteiger partial charge in [0, 0.05) is 38.5 Å². The fourth-order valence-corrected chi connectivity index (χ4v) is 6.73. The molecule has 2 saturated carbocycles. The van der Waals surface area contributed by atoms with Crippen molar-refractivity contribution in [3.05, 3.63) is 5.21 Å². The van der Waals surface area contributed by atoms with Gasteiger partial charge in [0.25, 0.3) is 0 Å². The molecule has 2 aliphatic heterocycles. The Labute approximate surface area is 165 Å². The van der Waals surface area contributed by atoms with Gasteiger partial charge in [-0.2, -0.15) is 0 Å². The molecule has 2 aliphatic carbocycles. The molecule has 4 fully saturated rings. The molecule has 0 amide bonds. The van der Waals surface area contributed by atoms with E-state index in [9.17, 15) is 15.4 Å². The number of nitrogens with zero attached hydrogens (tertiary/aromatic N) is 1. The van der Waals surface area contributed by atoms with Crippen molar-refractivity contribution in [2.24, 2.45) is 17.8 Å². The van der Waals surface area contributed by atoms with Crippen LogP contribution in [0.5, 0.6) is 0 Å². The Morgan fingerprint density at radius 2 is 1.85 bits per heavy atom. The van der Waals surface area contributed by atoms with E-state index in [1.54, 1.807) is 14.2 Å². The normalized spacial score (nSPS) is 56.1. The summed E-state index contributed by atoms with van der Waals surface area (Å²) < 4.78 is 17.7. The molecule has 2 N–H and O–H groups in total. The number of hydrogen-bond acceptors (Lipinski definition) is 7. The van der Waals surface area contributed by atoms with Crippen molar-refractivity contribution in [3.63, 3.8) is 0 Å². The van der Waals surface area contributed by atoms with Crippen molar-refractivity contribution >= 4 is 11.6 Å². The lowest BCUT2D eigenvalue weighted by Crippen LogP contribution is -2.67. The molecule has 9 unspecified atom stereocenters. The van der Waals surface area contributed by atoms with E-state index in [1.165, 1.54) is 0 Å². The van der Waals surface area contributed by atoms with Gasteiger partial charge in [0.05, 0.1) is 35.9 Å². The highest BCUT2D eigenvalue weighted by Gasteiger charge is 2.68. The first kappa shape index (κ1) is 20.3. The summed E-state index contributed by atoms with van der Waals surface area (Å²) in [5.74, 6) is -0.703. The zero-order valence-corrected chi connectivity index (χ0v) is 16.9. The highest BCUT2D eigenvalue weighted by Crippen LogP contribution is 2.56. The van der Waals surface area contributed by atoms with E-state index in [0.29, 0.717) is 19.4 Å². The summed E-state index contributed by atoms with van der Waals surface area (Å²) in [5.41, 5.74) is -1.12. The third-order valence-electron chi connectivity index (χ3n) is 7.73. The van der Waals surface area contributed by atoms with E-state index in [-0.39, 0.29) is 36.0 Å². The van der Waals surface area contributed by atoms with Crippen LogP contribution in [0.3, 0.4) is 0 Å². The summed E-state index contributed by atoms with van der Waals surface area (Å²) in [6.07, 6.45) is -0.0944. The lowest BCUT2D eigenvalue weighted by atomic mass is 9.61. The summed E-state index contributed by atoms with van der Waals surface area (Å²) in [4.78, 5) is 0. The van der Waals surface area contributed by atoms with Crippen LogP contribution in [0.1, 0.15) is 32.6 Å². The van der Waals surface area contributed by atoms with Gasteiger partial charge < -0.3 is 34.7 Å². The molecule has 0 aromatic carbocycles. The summed E-state index contributed by atoms with van der Waals surface area (Å²) in [7, 11) is 3.23. The van der Waals surface area contributed by atoms with Gasteiger partial charge in [0.1, 0.15) is 5.60 Å². The van der Waals surface area contributed by atoms with Crippen LogP contribution in [0.25, 0.3) is 0 Å². The lowest BCUT2D eigenvalue weighted by molar-refractivity contribution is -0.227. The van der Waals surface area contributed by atoms with E-state index in [2.05, 4.69) is 0 Å². The van der Waals surface area contributed by atoms with Gasteiger partial charge in [0.2, 0.25) is 0 Å². The van der Waals surface area contributed by atoms with Gasteiger partial charge in [0.15, 0.2) is 0 Å². The van der Waals surface area contributed by atoms with E-state index in [0.717, 1.165) is 17.9 Å². The van der Waals surface area contributed by atoms with E-state index in [1.807, 2.05) is 6.92 Å². The topological polar surface area (TPSA) is 94.5 Å². The molecule has 11 atom stereocenters. The van der Waals surface area contributed by atoms with Gasteiger partial charge in [-0.05, 0) is 31.7 Å². The lowest BCUT2D eigenvalue weighted by Gasteiger charge is -2.58. The summed E-state index contributed by atoms with van der Waals surface area (Å²) in [5, 5.41) is 35.8. The third-order valence-corrected chi connectivity index (χ3v) is 8.26.